The molecule has 8 heteroatoms. The predicted octanol–water partition coefficient (Wildman–Crippen LogP) is 3.70. The lowest BCUT2D eigenvalue weighted by molar-refractivity contribution is 0.0330. The molecule has 3 aromatic rings. The third kappa shape index (κ3) is 3.75. The van der Waals surface area contributed by atoms with Gasteiger partial charge in [-0.3, -0.25) is 4.90 Å². The van der Waals surface area contributed by atoms with E-state index in [-0.39, 0.29) is 0 Å². The molecule has 0 atom stereocenters. The average molecular weight is 413 g/mol. The highest BCUT2D eigenvalue weighted by Crippen LogP contribution is 2.39. The van der Waals surface area contributed by atoms with E-state index in [0.717, 1.165) is 53.7 Å². The van der Waals surface area contributed by atoms with Crippen molar-refractivity contribution in [2.75, 3.05) is 39.5 Å². The number of hydrogen-bond acceptors (Lipinski definition) is 8. The number of fused-ring (bicyclic) bond motifs is 2. The molecule has 2 aliphatic rings. The molecule has 1 aromatic carbocycles. The molecule has 0 unspecified atom stereocenters. The molecule has 7 nitrogen and oxygen atoms in total. The first-order valence-corrected chi connectivity index (χ1v) is 10.6. The molecule has 4 heterocycles. The second-order valence-corrected chi connectivity index (χ2v) is 8.41. The van der Waals surface area contributed by atoms with Gasteiger partial charge in [-0.15, -0.1) is 11.3 Å². The van der Waals surface area contributed by atoms with E-state index in [4.69, 9.17) is 28.9 Å². The van der Waals surface area contributed by atoms with Gasteiger partial charge in [0.25, 0.3) is 0 Å². The maximum absolute atomic E-state index is 6.26. The summed E-state index contributed by atoms with van der Waals surface area (Å²) >= 11 is 1.68. The highest BCUT2D eigenvalue weighted by atomic mass is 32.1. The van der Waals surface area contributed by atoms with Crippen molar-refractivity contribution < 1.29 is 18.9 Å². The van der Waals surface area contributed by atoms with Gasteiger partial charge in [0, 0.05) is 24.0 Å². The summed E-state index contributed by atoms with van der Waals surface area (Å²) in [6.07, 6.45) is 0. The normalized spacial score (nSPS) is 16.9. The lowest BCUT2D eigenvalue weighted by atomic mass is 10.2. The number of benzene rings is 1. The number of hydrogen-bond donors (Lipinski definition) is 0. The highest BCUT2D eigenvalue weighted by Gasteiger charge is 2.20. The van der Waals surface area contributed by atoms with E-state index in [1.807, 2.05) is 18.2 Å². The zero-order valence-electron chi connectivity index (χ0n) is 16.6. The zero-order chi connectivity index (χ0) is 19.8. The summed E-state index contributed by atoms with van der Waals surface area (Å²) in [6.45, 7) is 9.28. The Morgan fingerprint density at radius 2 is 1.83 bits per heavy atom. The summed E-state index contributed by atoms with van der Waals surface area (Å²) in [6, 6.07) is 5.62. The topological polar surface area (TPSA) is 65.9 Å². The first-order chi connectivity index (χ1) is 14.2. The van der Waals surface area contributed by atoms with Crippen LogP contribution in [0.25, 0.3) is 10.2 Å². The molecular formula is C21H23N3O4S. The van der Waals surface area contributed by atoms with Crippen molar-refractivity contribution in [3.05, 3.63) is 34.5 Å². The van der Waals surface area contributed by atoms with Crippen LogP contribution in [0.5, 0.6) is 23.1 Å². The van der Waals surface area contributed by atoms with Crippen LogP contribution in [0, 0.1) is 13.8 Å². The van der Waals surface area contributed by atoms with Crippen molar-refractivity contribution in [2.45, 2.75) is 20.4 Å². The van der Waals surface area contributed by atoms with Crippen molar-refractivity contribution in [2.24, 2.45) is 0 Å². The van der Waals surface area contributed by atoms with E-state index in [2.05, 4.69) is 18.7 Å². The van der Waals surface area contributed by atoms with Gasteiger partial charge in [-0.1, -0.05) is 0 Å². The standard InChI is InChI=1S/C21H23N3O4S/c1-13-14(2)29-21-19(13)20(22-18(23-21)12-24-5-7-25-8-6-24)28-15-3-4-16-17(11-15)27-10-9-26-16/h3-4,11H,5-10,12H2,1-2H3. The number of nitrogens with zero attached hydrogens (tertiary/aromatic N) is 3. The summed E-state index contributed by atoms with van der Waals surface area (Å²) in [7, 11) is 0. The van der Waals surface area contributed by atoms with Gasteiger partial charge >= 0.3 is 0 Å². The van der Waals surface area contributed by atoms with Crippen LogP contribution in [0.4, 0.5) is 0 Å². The Hall–Kier alpha value is -2.42. The molecule has 0 spiro atoms. The molecule has 0 aliphatic carbocycles. The number of aryl methyl sites for hydroxylation is 2. The molecule has 0 amide bonds. The average Bonchev–Trinajstić information content (AvgIpc) is 3.02. The molecule has 1 fully saturated rings. The molecule has 2 aliphatic heterocycles. The van der Waals surface area contributed by atoms with Gasteiger partial charge in [0.1, 0.15) is 29.6 Å². The smallest absolute Gasteiger partial charge is 0.231 e. The minimum atomic E-state index is 0.542. The fourth-order valence-electron chi connectivity index (χ4n) is 3.56. The van der Waals surface area contributed by atoms with Gasteiger partial charge in [0.15, 0.2) is 11.5 Å². The number of aromatic nitrogens is 2. The van der Waals surface area contributed by atoms with E-state index in [1.165, 1.54) is 4.88 Å². The maximum atomic E-state index is 6.26. The first-order valence-electron chi connectivity index (χ1n) is 9.81. The zero-order valence-corrected chi connectivity index (χ0v) is 17.4. The largest absolute Gasteiger partial charge is 0.486 e. The third-order valence-electron chi connectivity index (χ3n) is 5.24. The van der Waals surface area contributed by atoms with Crippen LogP contribution >= 0.6 is 11.3 Å². The Morgan fingerprint density at radius 1 is 1.03 bits per heavy atom. The van der Waals surface area contributed by atoms with E-state index < -0.39 is 0 Å². The summed E-state index contributed by atoms with van der Waals surface area (Å²) < 4.78 is 23.0. The number of rotatable bonds is 4. The second kappa shape index (κ2) is 7.78. The predicted molar refractivity (Wildman–Crippen MR) is 110 cm³/mol. The van der Waals surface area contributed by atoms with Crippen molar-refractivity contribution >= 4 is 21.6 Å². The molecule has 0 radical (unpaired) electrons. The Labute approximate surface area is 173 Å². The van der Waals surface area contributed by atoms with E-state index in [0.29, 0.717) is 37.1 Å². The minimum absolute atomic E-state index is 0.542. The summed E-state index contributed by atoms with van der Waals surface area (Å²) in [5.74, 6) is 3.48. The molecule has 1 saturated heterocycles. The van der Waals surface area contributed by atoms with Gasteiger partial charge in [-0.05, 0) is 31.5 Å². The lowest BCUT2D eigenvalue weighted by Crippen LogP contribution is -2.36. The number of ether oxygens (including phenoxy) is 4. The van der Waals surface area contributed by atoms with Gasteiger partial charge in [0.05, 0.1) is 25.1 Å². The third-order valence-corrected chi connectivity index (χ3v) is 6.34. The first kappa shape index (κ1) is 18.6. The van der Waals surface area contributed by atoms with Crippen molar-refractivity contribution in [3.63, 3.8) is 0 Å². The molecular weight excluding hydrogens is 390 g/mol. The van der Waals surface area contributed by atoms with Crippen LogP contribution in [-0.4, -0.2) is 54.4 Å². The van der Waals surface area contributed by atoms with Crippen molar-refractivity contribution in [3.8, 4) is 23.1 Å². The highest BCUT2D eigenvalue weighted by molar-refractivity contribution is 7.18. The van der Waals surface area contributed by atoms with Gasteiger partial charge in [-0.2, -0.15) is 4.98 Å². The number of thiophene rings is 1. The molecule has 0 N–H and O–H groups in total. The minimum Gasteiger partial charge on any atom is -0.486 e. The molecule has 0 saturated carbocycles. The van der Waals surface area contributed by atoms with Crippen LogP contribution < -0.4 is 14.2 Å². The fraction of sp³-hybridized carbons (Fsp3) is 0.429. The number of morpholine rings is 1. The summed E-state index contributed by atoms with van der Waals surface area (Å²) in [5.41, 5.74) is 1.16. The Kier molecular flexibility index (Phi) is 4.99. The van der Waals surface area contributed by atoms with E-state index in [9.17, 15) is 0 Å². The Balaban J connectivity index is 1.50. The molecule has 0 bridgehead atoms. The Bertz CT molecular complexity index is 1050. The summed E-state index contributed by atoms with van der Waals surface area (Å²) in [5, 5.41) is 0.980. The van der Waals surface area contributed by atoms with E-state index >= 15 is 0 Å². The molecule has 5 rings (SSSR count). The van der Waals surface area contributed by atoms with Gasteiger partial charge < -0.3 is 18.9 Å². The van der Waals surface area contributed by atoms with Crippen LogP contribution in [-0.2, 0) is 11.3 Å². The Morgan fingerprint density at radius 3 is 2.66 bits per heavy atom. The monoisotopic (exact) mass is 413 g/mol. The second-order valence-electron chi connectivity index (χ2n) is 7.20. The summed E-state index contributed by atoms with van der Waals surface area (Å²) in [4.78, 5) is 14.1. The van der Waals surface area contributed by atoms with Crippen LogP contribution in [0.15, 0.2) is 18.2 Å². The SMILES string of the molecule is Cc1sc2nc(CN3CCOCC3)nc(Oc3ccc4c(c3)OCCO4)c2c1C. The fourth-order valence-corrected chi connectivity index (χ4v) is 4.60. The molecule has 2 aromatic heterocycles. The van der Waals surface area contributed by atoms with Crippen LogP contribution in [0.2, 0.25) is 0 Å². The van der Waals surface area contributed by atoms with Crippen LogP contribution in [0.1, 0.15) is 16.3 Å². The van der Waals surface area contributed by atoms with Crippen molar-refractivity contribution in [1.82, 2.24) is 14.9 Å². The van der Waals surface area contributed by atoms with Crippen molar-refractivity contribution in [1.29, 1.82) is 0 Å². The molecule has 152 valence electrons. The van der Waals surface area contributed by atoms with Gasteiger partial charge in [0.2, 0.25) is 5.88 Å². The van der Waals surface area contributed by atoms with E-state index in [1.54, 1.807) is 11.3 Å². The van der Waals surface area contributed by atoms with Gasteiger partial charge in [-0.25, -0.2) is 4.98 Å². The molecule has 29 heavy (non-hydrogen) atoms. The maximum Gasteiger partial charge on any atom is 0.231 e. The quantitative estimate of drug-likeness (QED) is 0.646. The van der Waals surface area contributed by atoms with Crippen LogP contribution in [0.3, 0.4) is 0 Å². The lowest BCUT2D eigenvalue weighted by Gasteiger charge is -2.25.